The van der Waals surface area contributed by atoms with Crippen molar-refractivity contribution in [1.82, 2.24) is 15.0 Å². The average Bonchev–Trinajstić information content (AvgIpc) is 3.12. The van der Waals surface area contributed by atoms with Gasteiger partial charge < -0.3 is 0 Å². The fraction of sp³-hybridized carbons (Fsp3) is 0.0238. The van der Waals surface area contributed by atoms with Gasteiger partial charge in [-0.05, 0) is 81.6 Å². The molecule has 6 aromatic carbocycles. The molecule has 0 N–H and O–H groups in total. The van der Waals surface area contributed by atoms with E-state index >= 15 is 0 Å². The van der Waals surface area contributed by atoms with Gasteiger partial charge in [0.25, 0.3) is 0 Å². The normalized spacial score (nSPS) is 11.2. The first-order valence-corrected chi connectivity index (χ1v) is 15.2. The van der Waals surface area contributed by atoms with Crippen molar-refractivity contribution in [3.05, 3.63) is 164 Å². The molecule has 0 amide bonds. The Kier molecular flexibility index (Phi) is 6.69. The highest BCUT2D eigenvalue weighted by Crippen LogP contribution is 2.39. The van der Waals surface area contributed by atoms with E-state index < -0.39 is 0 Å². The number of aryl methyl sites for hydroxylation is 1. The van der Waals surface area contributed by atoms with Crippen LogP contribution < -0.4 is 0 Å². The van der Waals surface area contributed by atoms with E-state index in [-0.39, 0.29) is 0 Å². The number of pyridine rings is 1. The van der Waals surface area contributed by atoms with Gasteiger partial charge >= 0.3 is 0 Å². The van der Waals surface area contributed by atoms with E-state index in [0.717, 1.165) is 50.5 Å². The molecule has 0 radical (unpaired) electrons. The molecule has 0 atom stereocenters. The maximum Gasteiger partial charge on any atom is 0.160 e. The lowest BCUT2D eigenvalue weighted by Gasteiger charge is -2.15. The zero-order valence-electron chi connectivity index (χ0n) is 24.9. The van der Waals surface area contributed by atoms with Crippen LogP contribution in [0.3, 0.4) is 0 Å². The monoisotopic (exact) mass is 575 g/mol. The average molecular weight is 576 g/mol. The van der Waals surface area contributed by atoms with Crippen LogP contribution in [0.4, 0.5) is 0 Å². The number of aromatic nitrogens is 3. The van der Waals surface area contributed by atoms with Crippen molar-refractivity contribution in [2.24, 2.45) is 0 Å². The summed E-state index contributed by atoms with van der Waals surface area (Å²) in [7, 11) is 0. The van der Waals surface area contributed by atoms with Crippen LogP contribution in [0, 0.1) is 6.92 Å². The van der Waals surface area contributed by atoms with Gasteiger partial charge in [0.2, 0.25) is 0 Å². The summed E-state index contributed by atoms with van der Waals surface area (Å²) >= 11 is 0. The lowest BCUT2D eigenvalue weighted by molar-refractivity contribution is 1.18. The largest absolute Gasteiger partial charge is 0.261 e. The third kappa shape index (κ3) is 5.15. The first-order valence-electron chi connectivity index (χ1n) is 15.2. The lowest BCUT2D eigenvalue weighted by Crippen LogP contribution is -1.97. The van der Waals surface area contributed by atoms with Gasteiger partial charge in [0.15, 0.2) is 5.82 Å². The summed E-state index contributed by atoms with van der Waals surface area (Å²) in [5, 5.41) is 4.92. The minimum Gasteiger partial charge on any atom is -0.261 e. The Hall–Kier alpha value is -5.93. The van der Waals surface area contributed by atoms with E-state index in [2.05, 4.69) is 120 Å². The summed E-state index contributed by atoms with van der Waals surface area (Å²) in [5.74, 6) is 0.684. The van der Waals surface area contributed by atoms with Crippen LogP contribution in [0.1, 0.15) is 5.69 Å². The molecule has 0 bridgehead atoms. The molecular formula is C42H29N3. The van der Waals surface area contributed by atoms with Crippen LogP contribution >= 0.6 is 0 Å². The third-order valence-corrected chi connectivity index (χ3v) is 8.38. The van der Waals surface area contributed by atoms with Crippen molar-refractivity contribution < 1.29 is 0 Å². The van der Waals surface area contributed by atoms with Crippen molar-refractivity contribution in [3.8, 4) is 56.2 Å². The van der Waals surface area contributed by atoms with Crippen LogP contribution in [0.25, 0.3) is 77.7 Å². The highest BCUT2D eigenvalue weighted by molar-refractivity contribution is 6.14. The minimum absolute atomic E-state index is 0.684. The molecule has 0 aliphatic rings. The van der Waals surface area contributed by atoms with Gasteiger partial charge in [-0.25, -0.2) is 9.97 Å². The van der Waals surface area contributed by atoms with E-state index in [0.29, 0.717) is 5.82 Å². The molecule has 0 aliphatic heterocycles. The topological polar surface area (TPSA) is 38.7 Å². The van der Waals surface area contributed by atoms with Crippen molar-refractivity contribution in [3.63, 3.8) is 0 Å². The van der Waals surface area contributed by atoms with Gasteiger partial charge in [-0.2, -0.15) is 0 Å². The maximum atomic E-state index is 5.17. The van der Waals surface area contributed by atoms with Crippen LogP contribution in [-0.2, 0) is 0 Å². The highest BCUT2D eigenvalue weighted by Gasteiger charge is 2.16. The number of rotatable bonds is 5. The number of hydrogen-bond acceptors (Lipinski definition) is 3. The van der Waals surface area contributed by atoms with Crippen molar-refractivity contribution in [1.29, 1.82) is 0 Å². The summed E-state index contributed by atoms with van der Waals surface area (Å²) in [6.07, 6.45) is 1.95. The fourth-order valence-electron chi connectivity index (χ4n) is 6.10. The van der Waals surface area contributed by atoms with E-state index in [1.165, 1.54) is 27.1 Å². The van der Waals surface area contributed by atoms with E-state index in [9.17, 15) is 0 Å². The van der Waals surface area contributed by atoms with Crippen LogP contribution in [0.2, 0.25) is 0 Å². The number of hydrogen-bond donors (Lipinski definition) is 0. The Balaban J connectivity index is 1.41. The Morgan fingerprint density at radius 2 is 0.978 bits per heavy atom. The Morgan fingerprint density at radius 1 is 0.400 bits per heavy atom. The van der Waals surface area contributed by atoms with Gasteiger partial charge in [0, 0.05) is 34.1 Å². The van der Waals surface area contributed by atoms with Gasteiger partial charge in [-0.15, -0.1) is 0 Å². The summed E-state index contributed by atoms with van der Waals surface area (Å²) in [5.41, 5.74) is 10.2. The molecule has 45 heavy (non-hydrogen) atoms. The number of fused-ring (bicyclic) bond motifs is 3. The highest BCUT2D eigenvalue weighted by atomic mass is 14.9. The zero-order valence-corrected chi connectivity index (χ0v) is 24.9. The van der Waals surface area contributed by atoms with Crippen LogP contribution in [0.15, 0.2) is 158 Å². The molecule has 8 aromatic rings. The van der Waals surface area contributed by atoms with E-state index in [4.69, 9.17) is 9.97 Å². The van der Waals surface area contributed by atoms with E-state index in [1.54, 1.807) is 0 Å². The van der Waals surface area contributed by atoms with Gasteiger partial charge in [0.1, 0.15) is 0 Å². The Morgan fingerprint density at radius 3 is 1.64 bits per heavy atom. The molecule has 8 rings (SSSR count). The second-order valence-electron chi connectivity index (χ2n) is 11.4. The molecule has 0 spiro atoms. The second-order valence-corrected chi connectivity index (χ2v) is 11.4. The fourth-order valence-corrected chi connectivity index (χ4v) is 6.10. The van der Waals surface area contributed by atoms with Gasteiger partial charge in [-0.3, -0.25) is 4.98 Å². The number of benzene rings is 6. The Bertz CT molecular complexity index is 2250. The lowest BCUT2D eigenvalue weighted by atomic mass is 9.90. The standard InChI is InChI=1S/C42H29N3/c1-28-20-21-32(27-43-28)33-22-34(39-25-31-16-8-9-17-36(31)37-18-10-11-19-38(37)39)24-35(23-33)42-44-40(29-12-4-2-5-13-29)26-41(45-42)30-14-6-3-7-15-30/h2-27H,1H3. The molecule has 3 heteroatoms. The number of nitrogens with zero attached hydrogens (tertiary/aromatic N) is 3. The van der Waals surface area contributed by atoms with E-state index in [1.807, 2.05) is 49.5 Å². The molecule has 2 aromatic heterocycles. The molecule has 3 nitrogen and oxygen atoms in total. The third-order valence-electron chi connectivity index (χ3n) is 8.38. The summed E-state index contributed by atoms with van der Waals surface area (Å²) in [6, 6.07) is 53.2. The predicted octanol–water partition coefficient (Wildman–Crippen LogP) is 10.8. The first-order chi connectivity index (χ1) is 22.2. The van der Waals surface area contributed by atoms with Gasteiger partial charge in [-0.1, -0.05) is 115 Å². The summed E-state index contributed by atoms with van der Waals surface area (Å²) in [4.78, 5) is 15.0. The molecule has 0 unspecified atom stereocenters. The van der Waals surface area contributed by atoms with Crippen LogP contribution in [-0.4, -0.2) is 15.0 Å². The van der Waals surface area contributed by atoms with Gasteiger partial charge in [0.05, 0.1) is 11.4 Å². The maximum absolute atomic E-state index is 5.17. The minimum atomic E-state index is 0.684. The smallest absolute Gasteiger partial charge is 0.160 e. The molecule has 2 heterocycles. The van der Waals surface area contributed by atoms with Crippen LogP contribution in [0.5, 0.6) is 0 Å². The van der Waals surface area contributed by atoms with Crippen molar-refractivity contribution in [2.75, 3.05) is 0 Å². The Labute approximate surface area is 262 Å². The summed E-state index contributed by atoms with van der Waals surface area (Å²) in [6.45, 7) is 2.01. The molecule has 0 fully saturated rings. The molecule has 212 valence electrons. The first kappa shape index (κ1) is 26.7. The SMILES string of the molecule is Cc1ccc(-c2cc(-c3nc(-c4ccccc4)cc(-c4ccccc4)n3)cc(-c3cc4ccccc4c4ccccc34)c2)cn1. The van der Waals surface area contributed by atoms with Crippen molar-refractivity contribution >= 4 is 21.5 Å². The molecular weight excluding hydrogens is 546 g/mol. The molecule has 0 saturated heterocycles. The molecule has 0 aliphatic carbocycles. The predicted molar refractivity (Wildman–Crippen MR) is 187 cm³/mol. The van der Waals surface area contributed by atoms with Crippen molar-refractivity contribution in [2.45, 2.75) is 6.92 Å². The second kappa shape index (κ2) is 11.3. The molecule has 0 saturated carbocycles. The quantitative estimate of drug-likeness (QED) is 0.192. The summed E-state index contributed by atoms with van der Waals surface area (Å²) < 4.78 is 0. The zero-order chi connectivity index (χ0) is 30.2.